The lowest BCUT2D eigenvalue weighted by Crippen LogP contribution is -2.45. The quantitative estimate of drug-likeness (QED) is 0.404. The number of halogens is 1. The molecule has 0 aromatic rings. The highest BCUT2D eigenvalue weighted by atomic mass is 19.1. The standard InChI is InChI=1S/C4H9FN2/c5-4-3-6-1-2-7-4/h4,6-7H,1-3H2/t4-/m0/s1. The molecule has 1 saturated heterocycles. The van der Waals surface area contributed by atoms with Crippen molar-refractivity contribution >= 4 is 0 Å². The van der Waals surface area contributed by atoms with Crippen molar-refractivity contribution in [3.8, 4) is 0 Å². The van der Waals surface area contributed by atoms with E-state index in [1.54, 1.807) is 0 Å². The molecule has 1 heterocycles. The maximum Gasteiger partial charge on any atom is 0.163 e. The van der Waals surface area contributed by atoms with E-state index in [0.29, 0.717) is 6.54 Å². The molecule has 0 saturated carbocycles. The molecule has 0 bridgehead atoms. The Hall–Kier alpha value is -0.150. The van der Waals surface area contributed by atoms with E-state index in [4.69, 9.17) is 0 Å². The minimum Gasteiger partial charge on any atom is -0.311 e. The van der Waals surface area contributed by atoms with Crippen LogP contribution in [0.1, 0.15) is 0 Å². The molecular formula is C4H9FN2. The predicted molar refractivity (Wildman–Crippen MR) is 25.8 cm³/mol. The van der Waals surface area contributed by atoms with Crippen LogP contribution in [0.4, 0.5) is 4.39 Å². The van der Waals surface area contributed by atoms with E-state index in [1.165, 1.54) is 0 Å². The first-order valence-electron chi connectivity index (χ1n) is 2.48. The Bertz CT molecular complexity index is 51.7. The maximum absolute atomic E-state index is 12.0. The van der Waals surface area contributed by atoms with Gasteiger partial charge < -0.3 is 5.32 Å². The molecule has 0 aromatic heterocycles. The van der Waals surface area contributed by atoms with Gasteiger partial charge in [-0.25, -0.2) is 4.39 Å². The molecule has 0 spiro atoms. The van der Waals surface area contributed by atoms with Gasteiger partial charge >= 0.3 is 0 Å². The van der Waals surface area contributed by atoms with Crippen LogP contribution in [0.5, 0.6) is 0 Å². The van der Waals surface area contributed by atoms with Crippen LogP contribution < -0.4 is 10.6 Å². The molecule has 1 aliphatic heterocycles. The second kappa shape index (κ2) is 2.23. The fourth-order valence-electron chi connectivity index (χ4n) is 0.618. The molecule has 42 valence electrons. The van der Waals surface area contributed by atoms with Crippen LogP contribution in [0.2, 0.25) is 0 Å². The zero-order valence-corrected chi connectivity index (χ0v) is 4.08. The first-order valence-corrected chi connectivity index (χ1v) is 2.48. The number of nitrogens with one attached hydrogen (secondary N) is 2. The van der Waals surface area contributed by atoms with Crippen molar-refractivity contribution in [2.75, 3.05) is 19.6 Å². The van der Waals surface area contributed by atoms with Crippen LogP contribution in [0.3, 0.4) is 0 Å². The Kier molecular flexibility index (Phi) is 1.59. The van der Waals surface area contributed by atoms with Gasteiger partial charge in [0.25, 0.3) is 0 Å². The Balaban J connectivity index is 2.12. The van der Waals surface area contributed by atoms with Gasteiger partial charge in [-0.05, 0) is 0 Å². The smallest absolute Gasteiger partial charge is 0.163 e. The molecular weight excluding hydrogens is 95.1 g/mol. The van der Waals surface area contributed by atoms with Crippen LogP contribution in [0.25, 0.3) is 0 Å². The van der Waals surface area contributed by atoms with Gasteiger partial charge in [-0.3, -0.25) is 5.32 Å². The van der Waals surface area contributed by atoms with Crippen molar-refractivity contribution in [2.45, 2.75) is 6.30 Å². The number of piperazine rings is 1. The Morgan fingerprint density at radius 2 is 2.29 bits per heavy atom. The van der Waals surface area contributed by atoms with Crippen LogP contribution in [-0.2, 0) is 0 Å². The minimum absolute atomic E-state index is 0.458. The van der Waals surface area contributed by atoms with E-state index in [9.17, 15) is 4.39 Å². The highest BCUT2D eigenvalue weighted by Gasteiger charge is 2.07. The third-order valence-corrected chi connectivity index (χ3v) is 0.991. The largest absolute Gasteiger partial charge is 0.311 e. The Morgan fingerprint density at radius 3 is 2.57 bits per heavy atom. The SMILES string of the molecule is F[C@@H]1CNCCN1. The van der Waals surface area contributed by atoms with E-state index >= 15 is 0 Å². The molecule has 0 aliphatic carbocycles. The zero-order valence-electron chi connectivity index (χ0n) is 4.08. The highest BCUT2D eigenvalue weighted by Crippen LogP contribution is 1.84. The van der Waals surface area contributed by atoms with Gasteiger partial charge in [0.05, 0.1) is 0 Å². The van der Waals surface area contributed by atoms with Gasteiger partial charge in [0.15, 0.2) is 6.30 Å². The fraction of sp³-hybridized carbons (Fsp3) is 1.00. The molecule has 0 amide bonds. The molecule has 1 fully saturated rings. The second-order valence-electron chi connectivity index (χ2n) is 1.63. The molecule has 3 heteroatoms. The van der Waals surface area contributed by atoms with E-state index < -0.39 is 6.30 Å². The first-order chi connectivity index (χ1) is 3.39. The van der Waals surface area contributed by atoms with Crippen LogP contribution in [0, 0.1) is 0 Å². The molecule has 0 unspecified atom stereocenters. The second-order valence-corrected chi connectivity index (χ2v) is 1.63. The number of hydrogen-bond donors (Lipinski definition) is 2. The molecule has 2 nitrogen and oxygen atoms in total. The summed E-state index contributed by atoms with van der Waals surface area (Å²) in [7, 11) is 0. The molecule has 1 aliphatic rings. The van der Waals surface area contributed by atoms with Crippen LogP contribution in [-0.4, -0.2) is 25.9 Å². The lowest BCUT2D eigenvalue weighted by molar-refractivity contribution is 0.238. The topological polar surface area (TPSA) is 24.1 Å². The van der Waals surface area contributed by atoms with Gasteiger partial charge in [-0.2, -0.15) is 0 Å². The normalized spacial score (nSPS) is 33.0. The maximum atomic E-state index is 12.0. The van der Waals surface area contributed by atoms with E-state index in [-0.39, 0.29) is 0 Å². The lowest BCUT2D eigenvalue weighted by atomic mass is 10.4. The average molecular weight is 104 g/mol. The third-order valence-electron chi connectivity index (χ3n) is 0.991. The summed E-state index contributed by atoms with van der Waals surface area (Å²) in [4.78, 5) is 0. The van der Waals surface area contributed by atoms with Gasteiger partial charge in [0.2, 0.25) is 0 Å². The summed E-state index contributed by atoms with van der Waals surface area (Å²) in [5.74, 6) is 0. The molecule has 0 aromatic carbocycles. The zero-order chi connectivity index (χ0) is 5.11. The number of hydrogen-bond acceptors (Lipinski definition) is 2. The summed E-state index contributed by atoms with van der Waals surface area (Å²) in [6.45, 7) is 2.10. The van der Waals surface area contributed by atoms with Crippen LogP contribution in [0.15, 0.2) is 0 Å². The Labute approximate surface area is 42.1 Å². The van der Waals surface area contributed by atoms with Crippen molar-refractivity contribution in [3.63, 3.8) is 0 Å². The Morgan fingerprint density at radius 1 is 1.43 bits per heavy atom. The van der Waals surface area contributed by atoms with E-state index in [1.807, 2.05) is 0 Å². The summed E-state index contributed by atoms with van der Waals surface area (Å²) in [6.07, 6.45) is -0.825. The third kappa shape index (κ3) is 1.41. The van der Waals surface area contributed by atoms with Gasteiger partial charge in [-0.1, -0.05) is 0 Å². The van der Waals surface area contributed by atoms with Gasteiger partial charge in [-0.15, -0.1) is 0 Å². The van der Waals surface area contributed by atoms with Crippen molar-refractivity contribution in [3.05, 3.63) is 0 Å². The number of rotatable bonds is 0. The highest BCUT2D eigenvalue weighted by molar-refractivity contribution is 4.64. The summed E-state index contributed by atoms with van der Waals surface area (Å²) in [6, 6.07) is 0. The predicted octanol–water partition coefficient (Wildman–Crippen LogP) is -0.525. The minimum atomic E-state index is -0.825. The lowest BCUT2D eigenvalue weighted by Gasteiger charge is -2.16. The van der Waals surface area contributed by atoms with E-state index in [2.05, 4.69) is 10.6 Å². The monoisotopic (exact) mass is 104 g/mol. The average Bonchev–Trinajstić information content (AvgIpc) is 1.69. The molecule has 2 N–H and O–H groups in total. The van der Waals surface area contributed by atoms with Crippen molar-refractivity contribution < 1.29 is 4.39 Å². The number of alkyl halides is 1. The molecule has 7 heavy (non-hydrogen) atoms. The molecule has 0 radical (unpaired) electrons. The van der Waals surface area contributed by atoms with Crippen molar-refractivity contribution in [2.24, 2.45) is 0 Å². The summed E-state index contributed by atoms with van der Waals surface area (Å²) in [5, 5.41) is 5.55. The van der Waals surface area contributed by atoms with Crippen molar-refractivity contribution in [1.82, 2.24) is 10.6 Å². The summed E-state index contributed by atoms with van der Waals surface area (Å²) in [5.41, 5.74) is 0. The van der Waals surface area contributed by atoms with Crippen molar-refractivity contribution in [1.29, 1.82) is 0 Å². The van der Waals surface area contributed by atoms with Gasteiger partial charge in [0, 0.05) is 19.6 Å². The van der Waals surface area contributed by atoms with E-state index in [0.717, 1.165) is 13.1 Å². The summed E-state index contributed by atoms with van der Waals surface area (Å²) < 4.78 is 12.0. The molecule has 1 atom stereocenters. The van der Waals surface area contributed by atoms with Gasteiger partial charge in [0.1, 0.15) is 0 Å². The summed E-state index contributed by atoms with van der Waals surface area (Å²) >= 11 is 0. The van der Waals surface area contributed by atoms with Crippen LogP contribution >= 0.6 is 0 Å². The first kappa shape index (κ1) is 5.00. The fourth-order valence-corrected chi connectivity index (χ4v) is 0.618. The molecule has 1 rings (SSSR count).